The standard InChI is InChI=1S/C14H23NO4/c16-6-5-14(3-4-14)11-15-8-12(17)9-18-10-13-2-1-7-19-13/h1-2,7,12,15-17H,3-6,8-11H2. The van der Waals surface area contributed by atoms with Crippen molar-refractivity contribution in [2.24, 2.45) is 5.41 Å². The molecule has 19 heavy (non-hydrogen) atoms. The third-order valence-electron chi connectivity index (χ3n) is 3.61. The first-order chi connectivity index (χ1) is 9.24. The molecule has 3 N–H and O–H groups in total. The molecule has 0 bridgehead atoms. The average Bonchev–Trinajstić information content (AvgIpc) is 2.95. The van der Waals surface area contributed by atoms with E-state index in [-0.39, 0.29) is 12.0 Å². The van der Waals surface area contributed by atoms with Gasteiger partial charge in [0.15, 0.2) is 0 Å². The molecule has 0 radical (unpaired) electrons. The Kier molecular flexibility index (Phi) is 5.39. The Hall–Kier alpha value is -0.880. The molecule has 5 heteroatoms. The summed E-state index contributed by atoms with van der Waals surface area (Å²) in [6.45, 7) is 2.31. The van der Waals surface area contributed by atoms with E-state index >= 15 is 0 Å². The van der Waals surface area contributed by atoms with Crippen LogP contribution in [0.25, 0.3) is 0 Å². The van der Waals surface area contributed by atoms with Crippen LogP contribution in [0, 0.1) is 5.41 Å². The van der Waals surface area contributed by atoms with Crippen molar-refractivity contribution < 1.29 is 19.4 Å². The summed E-state index contributed by atoms with van der Waals surface area (Å²) in [6, 6.07) is 3.66. The minimum Gasteiger partial charge on any atom is -0.467 e. The third-order valence-corrected chi connectivity index (χ3v) is 3.61. The topological polar surface area (TPSA) is 74.9 Å². The SMILES string of the molecule is OCCC1(CNCC(O)COCc2ccco2)CC1. The second-order valence-electron chi connectivity index (χ2n) is 5.35. The van der Waals surface area contributed by atoms with Gasteiger partial charge >= 0.3 is 0 Å². The average molecular weight is 269 g/mol. The minimum atomic E-state index is -0.514. The van der Waals surface area contributed by atoms with Crippen LogP contribution in [-0.4, -0.2) is 42.6 Å². The van der Waals surface area contributed by atoms with Gasteiger partial charge in [0.25, 0.3) is 0 Å². The van der Waals surface area contributed by atoms with Gasteiger partial charge < -0.3 is 24.7 Å². The van der Waals surface area contributed by atoms with Crippen LogP contribution in [0.15, 0.2) is 22.8 Å². The van der Waals surface area contributed by atoms with Gasteiger partial charge in [-0.2, -0.15) is 0 Å². The van der Waals surface area contributed by atoms with E-state index < -0.39 is 6.10 Å². The number of aliphatic hydroxyl groups excluding tert-OH is 2. The molecular weight excluding hydrogens is 246 g/mol. The van der Waals surface area contributed by atoms with Crippen LogP contribution in [0.2, 0.25) is 0 Å². The highest BCUT2D eigenvalue weighted by atomic mass is 16.5. The molecule has 1 saturated carbocycles. The Balaban J connectivity index is 1.51. The van der Waals surface area contributed by atoms with Crippen molar-refractivity contribution in [3.63, 3.8) is 0 Å². The van der Waals surface area contributed by atoms with Crippen LogP contribution >= 0.6 is 0 Å². The predicted octanol–water partition coefficient (Wildman–Crippen LogP) is 0.909. The van der Waals surface area contributed by atoms with Gasteiger partial charge in [-0.3, -0.25) is 0 Å². The highest BCUT2D eigenvalue weighted by Crippen LogP contribution is 2.47. The molecule has 0 aromatic carbocycles. The molecule has 108 valence electrons. The summed E-state index contributed by atoms with van der Waals surface area (Å²) in [5, 5.41) is 22.0. The molecule has 0 aliphatic heterocycles. The zero-order valence-corrected chi connectivity index (χ0v) is 11.2. The molecular formula is C14H23NO4. The lowest BCUT2D eigenvalue weighted by atomic mass is 10.0. The molecule has 1 aromatic heterocycles. The lowest BCUT2D eigenvalue weighted by molar-refractivity contribution is 0.0221. The van der Waals surface area contributed by atoms with Crippen molar-refractivity contribution in [1.82, 2.24) is 5.32 Å². The van der Waals surface area contributed by atoms with Gasteiger partial charge in [-0.25, -0.2) is 0 Å². The van der Waals surface area contributed by atoms with Gasteiger partial charge in [-0.1, -0.05) is 0 Å². The van der Waals surface area contributed by atoms with Crippen LogP contribution in [0.1, 0.15) is 25.0 Å². The van der Waals surface area contributed by atoms with E-state index in [9.17, 15) is 5.11 Å². The van der Waals surface area contributed by atoms with Gasteiger partial charge in [0.05, 0.1) is 19.0 Å². The second kappa shape index (κ2) is 7.05. The first kappa shape index (κ1) is 14.5. The monoisotopic (exact) mass is 269 g/mol. The van der Waals surface area contributed by atoms with Crippen molar-refractivity contribution >= 4 is 0 Å². The lowest BCUT2D eigenvalue weighted by Gasteiger charge is -2.17. The summed E-state index contributed by atoms with van der Waals surface area (Å²) < 4.78 is 10.5. The highest BCUT2D eigenvalue weighted by molar-refractivity contribution is 4.96. The maximum atomic E-state index is 9.76. The molecule has 5 nitrogen and oxygen atoms in total. The van der Waals surface area contributed by atoms with Gasteiger partial charge in [0, 0.05) is 19.7 Å². The molecule has 1 fully saturated rings. The lowest BCUT2D eigenvalue weighted by Crippen LogP contribution is -2.34. The van der Waals surface area contributed by atoms with Gasteiger partial charge in [0.1, 0.15) is 12.4 Å². The van der Waals surface area contributed by atoms with E-state index in [0.717, 1.165) is 18.7 Å². The molecule has 0 saturated heterocycles. The molecule has 1 aliphatic rings. The number of furan rings is 1. The quantitative estimate of drug-likeness (QED) is 0.588. The fraction of sp³-hybridized carbons (Fsp3) is 0.714. The summed E-state index contributed by atoms with van der Waals surface area (Å²) >= 11 is 0. The van der Waals surface area contributed by atoms with Crippen LogP contribution in [0.4, 0.5) is 0 Å². The maximum Gasteiger partial charge on any atom is 0.129 e. The molecule has 1 aliphatic carbocycles. The summed E-state index contributed by atoms with van der Waals surface area (Å²) in [6.07, 6.45) is 4.29. The second-order valence-corrected chi connectivity index (χ2v) is 5.35. The van der Waals surface area contributed by atoms with E-state index in [0.29, 0.717) is 19.8 Å². The number of rotatable bonds is 10. The first-order valence-electron chi connectivity index (χ1n) is 6.84. The van der Waals surface area contributed by atoms with Gasteiger partial charge in [-0.05, 0) is 36.8 Å². The van der Waals surface area contributed by atoms with Crippen LogP contribution in [0.3, 0.4) is 0 Å². The summed E-state index contributed by atoms with van der Waals surface area (Å²) in [4.78, 5) is 0. The Bertz CT molecular complexity index is 348. The number of aliphatic hydroxyl groups is 2. The fourth-order valence-electron chi connectivity index (χ4n) is 2.18. The number of ether oxygens (including phenoxy) is 1. The Morgan fingerprint density at radius 2 is 2.32 bits per heavy atom. The zero-order chi connectivity index (χ0) is 13.6. The summed E-state index contributed by atoms with van der Waals surface area (Å²) in [5.74, 6) is 0.764. The number of nitrogens with one attached hydrogen (secondary N) is 1. The maximum absolute atomic E-state index is 9.76. The number of hydrogen-bond acceptors (Lipinski definition) is 5. The minimum absolute atomic E-state index is 0.247. The first-order valence-corrected chi connectivity index (χ1v) is 6.84. The van der Waals surface area contributed by atoms with Crippen LogP contribution in [-0.2, 0) is 11.3 Å². The molecule has 0 spiro atoms. The molecule has 1 unspecified atom stereocenters. The summed E-state index contributed by atoms with van der Waals surface area (Å²) in [5.41, 5.74) is 0.281. The fourth-order valence-corrected chi connectivity index (χ4v) is 2.18. The third kappa shape index (κ3) is 4.95. The highest BCUT2D eigenvalue weighted by Gasteiger charge is 2.41. The predicted molar refractivity (Wildman–Crippen MR) is 70.6 cm³/mol. The molecule has 1 heterocycles. The van der Waals surface area contributed by atoms with Crippen LogP contribution in [0.5, 0.6) is 0 Å². The zero-order valence-electron chi connectivity index (χ0n) is 11.2. The molecule has 1 aromatic rings. The van der Waals surface area contributed by atoms with Crippen LogP contribution < -0.4 is 5.32 Å². The summed E-state index contributed by atoms with van der Waals surface area (Å²) in [7, 11) is 0. The smallest absolute Gasteiger partial charge is 0.129 e. The van der Waals surface area contributed by atoms with Crippen molar-refractivity contribution in [1.29, 1.82) is 0 Å². The molecule has 1 atom stereocenters. The van der Waals surface area contributed by atoms with Crippen molar-refractivity contribution in [2.45, 2.75) is 32.0 Å². The van der Waals surface area contributed by atoms with Crippen molar-refractivity contribution in [2.75, 3.05) is 26.3 Å². The van der Waals surface area contributed by atoms with Gasteiger partial charge in [0.2, 0.25) is 0 Å². The Morgan fingerprint density at radius 3 is 2.95 bits per heavy atom. The molecule has 2 rings (SSSR count). The number of hydrogen-bond donors (Lipinski definition) is 3. The van der Waals surface area contributed by atoms with E-state index in [1.807, 2.05) is 12.1 Å². The normalized spacial score (nSPS) is 18.4. The van der Waals surface area contributed by atoms with E-state index in [2.05, 4.69) is 5.32 Å². The van der Waals surface area contributed by atoms with E-state index in [1.54, 1.807) is 6.26 Å². The Morgan fingerprint density at radius 1 is 1.47 bits per heavy atom. The van der Waals surface area contributed by atoms with E-state index in [1.165, 1.54) is 12.8 Å². The largest absolute Gasteiger partial charge is 0.467 e. The van der Waals surface area contributed by atoms with Crippen molar-refractivity contribution in [3.05, 3.63) is 24.2 Å². The van der Waals surface area contributed by atoms with Crippen molar-refractivity contribution in [3.8, 4) is 0 Å². The molecule has 0 amide bonds. The Labute approximate surface area is 113 Å². The van der Waals surface area contributed by atoms with Gasteiger partial charge in [-0.15, -0.1) is 0 Å². The van der Waals surface area contributed by atoms with E-state index in [4.69, 9.17) is 14.3 Å².